The Hall–Kier alpha value is -3.21. The summed E-state index contributed by atoms with van der Waals surface area (Å²) < 4.78 is 50.1. The van der Waals surface area contributed by atoms with Crippen molar-refractivity contribution >= 4 is 11.8 Å². The molecule has 0 aromatic heterocycles. The number of phenols is 2. The van der Waals surface area contributed by atoms with Crippen LogP contribution in [0.25, 0.3) is 0 Å². The van der Waals surface area contributed by atoms with Crippen molar-refractivity contribution in [1.82, 2.24) is 0 Å². The van der Waals surface area contributed by atoms with Crippen LogP contribution in [0.5, 0.6) is 57.5 Å². The molecule has 47 heavy (non-hydrogen) atoms. The molecule has 0 fully saturated rings. The SMILES string of the molecule is CCCOc1c(O)c(OCCC)c(OCCC)c(Sc2c(OCCC)c(OCCC)c(O)c(OCCC)c2OCCC)c1OCCC. The summed E-state index contributed by atoms with van der Waals surface area (Å²) in [6.45, 7) is 18.9. The quantitative estimate of drug-likeness (QED) is 0.0989. The molecule has 0 aliphatic rings. The van der Waals surface area contributed by atoms with Crippen molar-refractivity contribution in [3.8, 4) is 57.5 Å². The molecule has 0 unspecified atom stereocenters. The van der Waals surface area contributed by atoms with Crippen LogP contribution in [0.3, 0.4) is 0 Å². The summed E-state index contributed by atoms with van der Waals surface area (Å²) in [7, 11) is 0. The van der Waals surface area contributed by atoms with E-state index in [1.54, 1.807) is 0 Å². The van der Waals surface area contributed by atoms with Crippen LogP contribution in [0.2, 0.25) is 0 Å². The summed E-state index contributed by atoms with van der Waals surface area (Å²) in [5.41, 5.74) is 0. The molecule has 2 N–H and O–H groups in total. The largest absolute Gasteiger partial charge is 0.501 e. The third-order valence-corrected chi connectivity index (χ3v) is 7.47. The minimum atomic E-state index is -0.178. The monoisotopic (exact) mass is 682 g/mol. The van der Waals surface area contributed by atoms with Crippen LogP contribution >= 0.6 is 11.8 Å². The van der Waals surface area contributed by atoms with Gasteiger partial charge in [-0.15, -0.1) is 0 Å². The van der Waals surface area contributed by atoms with Crippen LogP contribution in [-0.4, -0.2) is 63.1 Å². The second-order valence-electron chi connectivity index (χ2n) is 10.9. The maximum Gasteiger partial charge on any atom is 0.208 e. The van der Waals surface area contributed by atoms with Crippen LogP contribution in [0.1, 0.15) is 107 Å². The molecular formula is C36H58O10S. The summed E-state index contributed by atoms with van der Waals surface area (Å²) in [4.78, 5) is 1.02. The fraction of sp³-hybridized carbons (Fsp3) is 0.667. The van der Waals surface area contributed by atoms with Crippen molar-refractivity contribution in [3.63, 3.8) is 0 Å². The van der Waals surface area contributed by atoms with Gasteiger partial charge in [0.15, 0.2) is 23.0 Å². The number of rotatable bonds is 26. The van der Waals surface area contributed by atoms with Crippen LogP contribution in [0, 0.1) is 0 Å². The topological polar surface area (TPSA) is 114 Å². The molecule has 0 saturated carbocycles. The smallest absolute Gasteiger partial charge is 0.208 e. The Bertz CT molecular complexity index is 1030. The third-order valence-electron chi connectivity index (χ3n) is 6.32. The van der Waals surface area contributed by atoms with Gasteiger partial charge in [0, 0.05) is 0 Å². The highest BCUT2D eigenvalue weighted by molar-refractivity contribution is 7.99. The van der Waals surface area contributed by atoms with Gasteiger partial charge in [0.2, 0.25) is 34.5 Å². The van der Waals surface area contributed by atoms with E-state index in [0.29, 0.717) is 111 Å². The number of aromatic hydroxyl groups is 2. The van der Waals surface area contributed by atoms with E-state index in [4.69, 9.17) is 37.9 Å². The van der Waals surface area contributed by atoms with E-state index in [-0.39, 0.29) is 34.5 Å². The number of benzene rings is 2. The molecule has 268 valence electrons. The van der Waals surface area contributed by atoms with Gasteiger partial charge in [-0.3, -0.25) is 0 Å². The predicted octanol–water partition coefficient (Wildman–Crippen LogP) is 9.56. The second kappa shape index (κ2) is 22.4. The first kappa shape index (κ1) is 40.0. The molecule has 0 spiro atoms. The van der Waals surface area contributed by atoms with Crippen LogP contribution in [-0.2, 0) is 0 Å². The average molecular weight is 683 g/mol. The summed E-state index contributed by atoms with van der Waals surface area (Å²) in [5, 5.41) is 23.2. The van der Waals surface area contributed by atoms with E-state index in [2.05, 4.69) is 0 Å². The molecule has 10 nitrogen and oxygen atoms in total. The molecule has 11 heteroatoms. The molecule has 0 aliphatic carbocycles. The molecular weight excluding hydrogens is 624 g/mol. The first-order chi connectivity index (χ1) is 22.9. The second-order valence-corrected chi connectivity index (χ2v) is 11.9. The Morgan fingerprint density at radius 1 is 0.319 bits per heavy atom. The Labute approximate surface area is 286 Å². The Morgan fingerprint density at radius 3 is 0.660 bits per heavy atom. The van der Waals surface area contributed by atoms with Crippen LogP contribution in [0.15, 0.2) is 9.79 Å². The molecule has 0 amide bonds. The maximum atomic E-state index is 11.6. The molecule has 0 radical (unpaired) electrons. The molecule has 0 atom stereocenters. The lowest BCUT2D eigenvalue weighted by molar-refractivity contribution is 0.221. The number of phenolic OH excluding ortho intramolecular Hbond substituents is 2. The average Bonchev–Trinajstić information content (AvgIpc) is 3.07. The first-order valence-electron chi connectivity index (χ1n) is 17.5. The van der Waals surface area contributed by atoms with Crippen LogP contribution in [0.4, 0.5) is 0 Å². The highest BCUT2D eigenvalue weighted by Crippen LogP contribution is 2.63. The van der Waals surface area contributed by atoms with Gasteiger partial charge in [0.1, 0.15) is 9.79 Å². The van der Waals surface area contributed by atoms with E-state index in [1.165, 1.54) is 11.8 Å². The van der Waals surface area contributed by atoms with Crippen molar-refractivity contribution in [1.29, 1.82) is 0 Å². The summed E-state index contributed by atoms with van der Waals surface area (Å²) >= 11 is 1.26. The van der Waals surface area contributed by atoms with Gasteiger partial charge in [0.25, 0.3) is 0 Å². The predicted molar refractivity (Wildman–Crippen MR) is 187 cm³/mol. The van der Waals surface area contributed by atoms with Gasteiger partial charge in [-0.05, 0) is 51.4 Å². The van der Waals surface area contributed by atoms with E-state index >= 15 is 0 Å². The van der Waals surface area contributed by atoms with Crippen molar-refractivity contribution in [3.05, 3.63) is 0 Å². The van der Waals surface area contributed by atoms with Gasteiger partial charge in [-0.2, -0.15) is 0 Å². The highest BCUT2D eigenvalue weighted by Gasteiger charge is 2.35. The Morgan fingerprint density at radius 2 is 0.489 bits per heavy atom. The lowest BCUT2D eigenvalue weighted by atomic mass is 10.2. The van der Waals surface area contributed by atoms with Gasteiger partial charge < -0.3 is 48.1 Å². The van der Waals surface area contributed by atoms with E-state index in [1.807, 2.05) is 55.4 Å². The minimum absolute atomic E-state index is 0.175. The third kappa shape index (κ3) is 10.9. The standard InChI is InChI=1S/C36H58O10S/c1-9-17-39-27-25(37)28(40-18-10-2)32(44-22-14-6)35(31(27)43-21-13-5)47-36-33(45-23-15-7)29(41-19-11-3)26(38)30(42-20-12-4)34(36)46-24-16-8/h37-38H,9-24H2,1-8H3. The van der Waals surface area contributed by atoms with Crippen molar-refractivity contribution in [2.24, 2.45) is 0 Å². The molecule has 2 aromatic carbocycles. The normalized spacial score (nSPS) is 10.9. The number of ether oxygens (including phenoxy) is 8. The molecule has 2 aromatic rings. The van der Waals surface area contributed by atoms with E-state index < -0.39 is 0 Å². The van der Waals surface area contributed by atoms with Gasteiger partial charge in [0.05, 0.1) is 52.9 Å². The Balaban J connectivity index is 3.16. The maximum absolute atomic E-state index is 11.6. The molecule has 0 bridgehead atoms. The van der Waals surface area contributed by atoms with Gasteiger partial charge in [-0.25, -0.2) is 0 Å². The van der Waals surface area contributed by atoms with Crippen molar-refractivity contribution in [2.75, 3.05) is 52.9 Å². The molecule has 0 saturated heterocycles. The molecule has 0 heterocycles. The zero-order valence-electron chi connectivity index (χ0n) is 29.9. The minimum Gasteiger partial charge on any atom is -0.501 e. The van der Waals surface area contributed by atoms with E-state index in [9.17, 15) is 10.2 Å². The summed E-state index contributed by atoms with van der Waals surface area (Å²) in [5.74, 6) is 1.62. The van der Waals surface area contributed by atoms with Gasteiger partial charge in [-0.1, -0.05) is 67.2 Å². The Kier molecular flexibility index (Phi) is 19.0. The zero-order valence-corrected chi connectivity index (χ0v) is 30.7. The number of hydrogen-bond donors (Lipinski definition) is 2. The molecule has 2 rings (SSSR count). The van der Waals surface area contributed by atoms with Gasteiger partial charge >= 0.3 is 0 Å². The van der Waals surface area contributed by atoms with Crippen molar-refractivity contribution in [2.45, 2.75) is 117 Å². The first-order valence-corrected chi connectivity index (χ1v) is 18.3. The zero-order chi connectivity index (χ0) is 34.6. The summed E-state index contributed by atoms with van der Waals surface area (Å²) in [6.07, 6.45) is 5.73. The summed E-state index contributed by atoms with van der Waals surface area (Å²) in [6, 6.07) is 0. The lowest BCUT2D eigenvalue weighted by Crippen LogP contribution is -2.10. The van der Waals surface area contributed by atoms with Crippen LogP contribution < -0.4 is 37.9 Å². The van der Waals surface area contributed by atoms with Crippen molar-refractivity contribution < 1.29 is 48.1 Å². The highest BCUT2D eigenvalue weighted by atomic mass is 32.2. The molecule has 0 aliphatic heterocycles. The number of hydrogen-bond acceptors (Lipinski definition) is 11. The lowest BCUT2D eigenvalue weighted by Gasteiger charge is -2.26. The fourth-order valence-corrected chi connectivity index (χ4v) is 5.42. The fourth-order valence-electron chi connectivity index (χ4n) is 4.24. The van der Waals surface area contributed by atoms with E-state index in [0.717, 1.165) is 25.7 Å².